The molecule has 0 unspecified atom stereocenters. The van der Waals surface area contributed by atoms with Crippen molar-refractivity contribution in [1.29, 1.82) is 0 Å². The number of aryl methyl sites for hydroxylation is 2. The van der Waals surface area contributed by atoms with Gasteiger partial charge in [-0.15, -0.1) is 0 Å². The minimum Gasteiger partial charge on any atom is -0.462 e. The molecule has 0 fully saturated rings. The van der Waals surface area contributed by atoms with Gasteiger partial charge in [-0.05, 0) is 25.4 Å². The van der Waals surface area contributed by atoms with E-state index < -0.39 is 0 Å². The van der Waals surface area contributed by atoms with E-state index in [4.69, 9.17) is 4.74 Å². The maximum absolute atomic E-state index is 11.9. The normalized spacial score (nSPS) is 10.5. The minimum atomic E-state index is -0.331. The van der Waals surface area contributed by atoms with E-state index >= 15 is 0 Å². The lowest BCUT2D eigenvalue weighted by Gasteiger charge is -2.05. The molecular formula is C12H16N4O2S. The number of esters is 1. The Bertz CT molecular complexity index is 576. The van der Waals surface area contributed by atoms with Crippen molar-refractivity contribution in [2.24, 2.45) is 7.05 Å². The van der Waals surface area contributed by atoms with Crippen molar-refractivity contribution < 1.29 is 9.53 Å². The van der Waals surface area contributed by atoms with Gasteiger partial charge in [0.05, 0.1) is 18.5 Å². The summed E-state index contributed by atoms with van der Waals surface area (Å²) in [7, 11) is 1.87. The van der Waals surface area contributed by atoms with Crippen molar-refractivity contribution in [3.8, 4) is 0 Å². The third-order valence-electron chi connectivity index (χ3n) is 2.55. The van der Waals surface area contributed by atoms with Gasteiger partial charge in [-0.2, -0.15) is 9.47 Å². The maximum Gasteiger partial charge on any atom is 0.343 e. The van der Waals surface area contributed by atoms with E-state index in [1.807, 2.05) is 13.2 Å². The quantitative estimate of drug-likeness (QED) is 0.848. The number of rotatable bonds is 5. The Balaban J connectivity index is 2.10. The average molecular weight is 280 g/mol. The predicted octanol–water partition coefficient (Wildman–Crippen LogP) is 1.97. The Morgan fingerprint density at radius 2 is 2.37 bits per heavy atom. The van der Waals surface area contributed by atoms with Crippen LogP contribution in [0.4, 0.5) is 5.00 Å². The number of nitrogens with zero attached hydrogens (tertiary/aromatic N) is 3. The zero-order valence-electron chi connectivity index (χ0n) is 11.1. The van der Waals surface area contributed by atoms with E-state index in [-0.39, 0.29) is 5.97 Å². The molecule has 6 nitrogen and oxygen atoms in total. The first kappa shape index (κ1) is 13.5. The van der Waals surface area contributed by atoms with E-state index in [9.17, 15) is 4.79 Å². The molecule has 0 aromatic carbocycles. The third kappa shape index (κ3) is 3.11. The molecule has 0 aliphatic heterocycles. The lowest BCUT2D eigenvalue weighted by atomic mass is 10.2. The first-order chi connectivity index (χ1) is 9.11. The molecule has 2 aromatic heterocycles. The Morgan fingerprint density at radius 1 is 1.58 bits per heavy atom. The SMILES string of the molecule is CCOC(=O)c1c(C)nsc1NCc1cnn(C)c1. The number of carbonyl (C=O) groups is 1. The van der Waals surface area contributed by atoms with Gasteiger partial charge in [0.15, 0.2) is 0 Å². The van der Waals surface area contributed by atoms with Crippen molar-refractivity contribution in [2.75, 3.05) is 11.9 Å². The fourth-order valence-corrected chi connectivity index (χ4v) is 2.46. The average Bonchev–Trinajstić information content (AvgIpc) is 2.93. The summed E-state index contributed by atoms with van der Waals surface area (Å²) in [5, 5.41) is 8.03. The number of ether oxygens (including phenoxy) is 1. The van der Waals surface area contributed by atoms with Crippen LogP contribution in [-0.4, -0.2) is 26.7 Å². The largest absolute Gasteiger partial charge is 0.462 e. The van der Waals surface area contributed by atoms with Crippen LogP contribution in [0.1, 0.15) is 28.5 Å². The highest BCUT2D eigenvalue weighted by Gasteiger charge is 2.19. The summed E-state index contributed by atoms with van der Waals surface area (Å²) < 4.78 is 11.0. The lowest BCUT2D eigenvalue weighted by molar-refractivity contribution is 0.0527. The zero-order chi connectivity index (χ0) is 13.8. The smallest absolute Gasteiger partial charge is 0.343 e. The van der Waals surface area contributed by atoms with Crippen molar-refractivity contribution in [2.45, 2.75) is 20.4 Å². The molecule has 0 spiro atoms. The van der Waals surface area contributed by atoms with Gasteiger partial charge in [0.2, 0.25) is 0 Å². The van der Waals surface area contributed by atoms with Crippen molar-refractivity contribution in [3.05, 3.63) is 29.2 Å². The summed E-state index contributed by atoms with van der Waals surface area (Å²) in [6.07, 6.45) is 3.70. The van der Waals surface area contributed by atoms with Gasteiger partial charge in [-0.25, -0.2) is 4.79 Å². The monoisotopic (exact) mass is 280 g/mol. The standard InChI is InChI=1S/C12H16N4O2S/c1-4-18-12(17)10-8(2)15-19-11(10)13-5-9-6-14-16(3)7-9/h6-7,13H,4-5H2,1-3H3. The highest BCUT2D eigenvalue weighted by atomic mass is 32.1. The molecule has 0 atom stereocenters. The molecule has 19 heavy (non-hydrogen) atoms. The molecule has 102 valence electrons. The number of anilines is 1. The van der Waals surface area contributed by atoms with Crippen LogP contribution in [0.2, 0.25) is 0 Å². The Hall–Kier alpha value is -1.89. The summed E-state index contributed by atoms with van der Waals surface area (Å²) in [5.41, 5.74) is 2.26. The Kier molecular flexibility index (Phi) is 4.16. The van der Waals surface area contributed by atoms with Crippen LogP contribution in [-0.2, 0) is 18.3 Å². The number of carbonyl (C=O) groups excluding carboxylic acids is 1. The van der Waals surface area contributed by atoms with E-state index in [1.165, 1.54) is 11.5 Å². The van der Waals surface area contributed by atoms with Crippen molar-refractivity contribution in [1.82, 2.24) is 14.2 Å². The van der Waals surface area contributed by atoms with Crippen LogP contribution in [0.3, 0.4) is 0 Å². The van der Waals surface area contributed by atoms with Crippen LogP contribution in [0.5, 0.6) is 0 Å². The molecule has 0 radical (unpaired) electrons. The summed E-state index contributed by atoms with van der Waals surface area (Å²) in [4.78, 5) is 11.9. The van der Waals surface area contributed by atoms with Gasteiger partial charge in [-0.3, -0.25) is 4.68 Å². The summed E-state index contributed by atoms with van der Waals surface area (Å²) in [6, 6.07) is 0. The minimum absolute atomic E-state index is 0.331. The van der Waals surface area contributed by atoms with Crippen molar-refractivity contribution in [3.63, 3.8) is 0 Å². The van der Waals surface area contributed by atoms with Gasteiger partial charge in [0.25, 0.3) is 0 Å². The second-order valence-corrected chi connectivity index (χ2v) is 4.84. The van der Waals surface area contributed by atoms with Gasteiger partial charge < -0.3 is 10.1 Å². The summed E-state index contributed by atoms with van der Waals surface area (Å²) in [6.45, 7) is 4.55. The second kappa shape index (κ2) is 5.83. The van der Waals surface area contributed by atoms with E-state index in [0.717, 1.165) is 10.6 Å². The molecule has 0 saturated carbocycles. The highest BCUT2D eigenvalue weighted by Crippen LogP contribution is 2.25. The fourth-order valence-electron chi connectivity index (χ4n) is 1.68. The number of hydrogen-bond donors (Lipinski definition) is 1. The Labute approximate surface area is 115 Å². The van der Waals surface area contributed by atoms with Gasteiger partial charge in [0.1, 0.15) is 10.6 Å². The molecule has 7 heteroatoms. The first-order valence-electron chi connectivity index (χ1n) is 5.96. The summed E-state index contributed by atoms with van der Waals surface area (Å²) in [5.74, 6) is -0.331. The van der Waals surface area contributed by atoms with Crippen LogP contribution >= 0.6 is 11.5 Å². The molecule has 0 amide bonds. The van der Waals surface area contributed by atoms with Gasteiger partial charge >= 0.3 is 5.97 Å². The molecule has 2 rings (SSSR count). The van der Waals surface area contributed by atoms with Crippen LogP contribution in [0.25, 0.3) is 0 Å². The first-order valence-corrected chi connectivity index (χ1v) is 6.74. The zero-order valence-corrected chi connectivity index (χ0v) is 12.0. The molecule has 2 heterocycles. The molecule has 0 bridgehead atoms. The van der Waals surface area contributed by atoms with Gasteiger partial charge in [-0.1, -0.05) is 0 Å². The molecule has 2 aromatic rings. The fraction of sp³-hybridized carbons (Fsp3) is 0.417. The molecule has 0 aliphatic carbocycles. The lowest BCUT2D eigenvalue weighted by Crippen LogP contribution is -2.09. The number of aromatic nitrogens is 3. The molecule has 1 N–H and O–H groups in total. The van der Waals surface area contributed by atoms with E-state index in [0.29, 0.717) is 24.4 Å². The molecule has 0 saturated heterocycles. The number of hydrogen-bond acceptors (Lipinski definition) is 6. The maximum atomic E-state index is 11.9. The third-order valence-corrected chi connectivity index (χ3v) is 3.45. The van der Waals surface area contributed by atoms with Crippen molar-refractivity contribution >= 4 is 22.5 Å². The molecular weight excluding hydrogens is 264 g/mol. The topological polar surface area (TPSA) is 69.0 Å². The second-order valence-electron chi connectivity index (χ2n) is 4.07. The van der Waals surface area contributed by atoms with Crippen LogP contribution in [0.15, 0.2) is 12.4 Å². The van der Waals surface area contributed by atoms with Gasteiger partial charge in [0, 0.05) is 25.4 Å². The Morgan fingerprint density at radius 3 is 3.00 bits per heavy atom. The predicted molar refractivity (Wildman–Crippen MR) is 73.3 cm³/mol. The molecule has 0 aliphatic rings. The van der Waals surface area contributed by atoms with Crippen LogP contribution < -0.4 is 5.32 Å². The summed E-state index contributed by atoms with van der Waals surface area (Å²) >= 11 is 1.27. The highest BCUT2D eigenvalue weighted by molar-refractivity contribution is 7.10. The van der Waals surface area contributed by atoms with E-state index in [2.05, 4.69) is 14.8 Å². The van der Waals surface area contributed by atoms with Crippen LogP contribution in [0, 0.1) is 6.92 Å². The number of nitrogens with one attached hydrogen (secondary N) is 1. The van der Waals surface area contributed by atoms with E-state index in [1.54, 1.807) is 24.7 Å².